The van der Waals surface area contributed by atoms with Crippen molar-refractivity contribution in [1.29, 1.82) is 0 Å². The summed E-state index contributed by atoms with van der Waals surface area (Å²) in [5.74, 6) is -0.465. The highest BCUT2D eigenvalue weighted by molar-refractivity contribution is 6.05. The van der Waals surface area contributed by atoms with E-state index in [9.17, 15) is 9.59 Å². The molecule has 0 aromatic rings. The number of rotatable bonds is 2. The van der Waals surface area contributed by atoms with Gasteiger partial charge in [-0.2, -0.15) is 0 Å². The average molecular weight is 182 g/mol. The number of likely N-dealkylation sites (tertiary alicyclic amines) is 1. The summed E-state index contributed by atoms with van der Waals surface area (Å²) in [6.07, 6.45) is 3.30. The molecule has 0 unspecified atom stereocenters. The first kappa shape index (κ1) is 8.53. The molecule has 2 rings (SSSR count). The third-order valence-corrected chi connectivity index (χ3v) is 3.23. The van der Waals surface area contributed by atoms with E-state index >= 15 is 0 Å². The number of primary amides is 1. The van der Waals surface area contributed by atoms with Crippen LogP contribution in [-0.2, 0) is 9.59 Å². The molecule has 0 aromatic carbocycles. The molecule has 1 saturated carbocycles. The van der Waals surface area contributed by atoms with E-state index in [4.69, 9.17) is 5.73 Å². The lowest BCUT2D eigenvalue weighted by molar-refractivity contribution is -0.158. The van der Waals surface area contributed by atoms with Crippen molar-refractivity contribution >= 4 is 11.8 Å². The smallest absolute Gasteiger partial charge is 0.238 e. The van der Waals surface area contributed by atoms with Gasteiger partial charge in [-0.3, -0.25) is 9.59 Å². The Hall–Kier alpha value is -1.06. The second-order valence-corrected chi connectivity index (χ2v) is 3.95. The van der Waals surface area contributed by atoms with Crippen LogP contribution in [0.5, 0.6) is 0 Å². The van der Waals surface area contributed by atoms with E-state index in [1.54, 1.807) is 4.90 Å². The summed E-state index contributed by atoms with van der Waals surface area (Å²) in [6.45, 7) is 1.60. The summed E-state index contributed by atoms with van der Waals surface area (Å²) in [4.78, 5) is 24.7. The number of amides is 2. The summed E-state index contributed by atoms with van der Waals surface area (Å²) in [5, 5.41) is 0. The molecule has 1 saturated heterocycles. The molecular formula is C9H14N2O2. The molecule has 1 heterocycles. The van der Waals surface area contributed by atoms with Gasteiger partial charge < -0.3 is 10.6 Å². The topological polar surface area (TPSA) is 63.4 Å². The lowest BCUT2D eigenvalue weighted by Crippen LogP contribution is -2.58. The van der Waals surface area contributed by atoms with Gasteiger partial charge in [0, 0.05) is 13.1 Å². The van der Waals surface area contributed by atoms with Crippen LogP contribution in [0.3, 0.4) is 0 Å². The van der Waals surface area contributed by atoms with Gasteiger partial charge in [-0.15, -0.1) is 0 Å². The Kier molecular flexibility index (Phi) is 1.78. The van der Waals surface area contributed by atoms with Gasteiger partial charge in [-0.05, 0) is 19.3 Å². The fourth-order valence-corrected chi connectivity index (χ4v) is 1.92. The Morgan fingerprint density at radius 1 is 1.15 bits per heavy atom. The summed E-state index contributed by atoms with van der Waals surface area (Å²) in [5.41, 5.74) is 4.44. The highest BCUT2D eigenvalue weighted by atomic mass is 16.2. The van der Waals surface area contributed by atoms with Crippen LogP contribution >= 0.6 is 0 Å². The summed E-state index contributed by atoms with van der Waals surface area (Å²) in [6, 6.07) is 0. The van der Waals surface area contributed by atoms with Crippen molar-refractivity contribution in [2.75, 3.05) is 13.1 Å². The van der Waals surface area contributed by atoms with E-state index in [1.165, 1.54) is 0 Å². The van der Waals surface area contributed by atoms with Gasteiger partial charge in [0.15, 0.2) is 0 Å². The molecule has 2 fully saturated rings. The molecule has 0 atom stereocenters. The number of hydrogen-bond donors (Lipinski definition) is 1. The van der Waals surface area contributed by atoms with Crippen molar-refractivity contribution in [3.8, 4) is 0 Å². The Morgan fingerprint density at radius 3 is 2.00 bits per heavy atom. The van der Waals surface area contributed by atoms with E-state index in [2.05, 4.69) is 0 Å². The zero-order valence-corrected chi connectivity index (χ0v) is 7.58. The van der Waals surface area contributed by atoms with Crippen molar-refractivity contribution in [3.05, 3.63) is 0 Å². The molecule has 4 nitrogen and oxygen atoms in total. The average Bonchev–Trinajstić information content (AvgIpc) is 1.77. The van der Waals surface area contributed by atoms with Crippen molar-refractivity contribution in [2.24, 2.45) is 11.1 Å². The van der Waals surface area contributed by atoms with Crippen LogP contribution in [0.1, 0.15) is 25.7 Å². The standard InChI is InChI=1S/C9H14N2O2/c10-7(12)9(3-1-4-9)8(13)11-5-2-6-11/h1-6H2,(H2,10,12). The van der Waals surface area contributed by atoms with Crippen LogP contribution in [0, 0.1) is 5.41 Å². The van der Waals surface area contributed by atoms with Gasteiger partial charge in [0.25, 0.3) is 0 Å². The Morgan fingerprint density at radius 2 is 1.77 bits per heavy atom. The van der Waals surface area contributed by atoms with E-state index < -0.39 is 11.3 Å². The molecule has 2 aliphatic rings. The van der Waals surface area contributed by atoms with Crippen LogP contribution in [0.25, 0.3) is 0 Å². The minimum absolute atomic E-state index is 0.0301. The minimum Gasteiger partial charge on any atom is -0.369 e. The SMILES string of the molecule is NC(=O)C1(C(=O)N2CCC2)CCC1. The maximum atomic E-state index is 11.8. The van der Waals surface area contributed by atoms with Crippen molar-refractivity contribution < 1.29 is 9.59 Å². The van der Waals surface area contributed by atoms with E-state index in [-0.39, 0.29) is 5.91 Å². The van der Waals surface area contributed by atoms with E-state index in [0.29, 0.717) is 12.8 Å². The molecule has 1 aliphatic carbocycles. The summed E-state index contributed by atoms with van der Waals surface area (Å²) >= 11 is 0. The second-order valence-electron chi connectivity index (χ2n) is 3.95. The van der Waals surface area contributed by atoms with Gasteiger partial charge in [-0.25, -0.2) is 0 Å². The highest BCUT2D eigenvalue weighted by Gasteiger charge is 2.51. The largest absolute Gasteiger partial charge is 0.369 e. The third-order valence-electron chi connectivity index (χ3n) is 3.23. The maximum absolute atomic E-state index is 11.8. The van der Waals surface area contributed by atoms with Crippen LogP contribution in [-0.4, -0.2) is 29.8 Å². The Bertz CT molecular complexity index is 254. The van der Waals surface area contributed by atoms with Crippen LogP contribution in [0.4, 0.5) is 0 Å². The van der Waals surface area contributed by atoms with Gasteiger partial charge in [0.1, 0.15) is 5.41 Å². The monoisotopic (exact) mass is 182 g/mol. The third kappa shape index (κ3) is 1.04. The lowest BCUT2D eigenvalue weighted by atomic mass is 9.67. The van der Waals surface area contributed by atoms with E-state index in [0.717, 1.165) is 25.9 Å². The van der Waals surface area contributed by atoms with Gasteiger partial charge >= 0.3 is 0 Å². The quantitative estimate of drug-likeness (QED) is 0.605. The zero-order chi connectivity index (χ0) is 9.47. The van der Waals surface area contributed by atoms with Gasteiger partial charge in [-0.1, -0.05) is 6.42 Å². The lowest BCUT2D eigenvalue weighted by Gasteiger charge is -2.43. The fourth-order valence-electron chi connectivity index (χ4n) is 1.92. The van der Waals surface area contributed by atoms with E-state index in [1.807, 2.05) is 0 Å². The molecule has 2 amide bonds. The van der Waals surface area contributed by atoms with Crippen molar-refractivity contribution in [3.63, 3.8) is 0 Å². The molecule has 0 radical (unpaired) electrons. The first-order chi connectivity index (χ1) is 6.17. The maximum Gasteiger partial charge on any atom is 0.238 e. The molecule has 0 aromatic heterocycles. The summed E-state index contributed by atoms with van der Waals surface area (Å²) in [7, 11) is 0. The molecule has 1 aliphatic heterocycles. The van der Waals surface area contributed by atoms with Crippen molar-refractivity contribution in [1.82, 2.24) is 4.90 Å². The highest BCUT2D eigenvalue weighted by Crippen LogP contribution is 2.42. The summed E-state index contributed by atoms with van der Waals surface area (Å²) < 4.78 is 0. The van der Waals surface area contributed by atoms with Gasteiger partial charge in [0.2, 0.25) is 11.8 Å². The molecule has 0 bridgehead atoms. The van der Waals surface area contributed by atoms with Crippen LogP contribution in [0.2, 0.25) is 0 Å². The number of nitrogens with zero attached hydrogens (tertiary/aromatic N) is 1. The Labute approximate surface area is 77.1 Å². The molecule has 72 valence electrons. The van der Waals surface area contributed by atoms with Crippen molar-refractivity contribution in [2.45, 2.75) is 25.7 Å². The zero-order valence-electron chi connectivity index (χ0n) is 7.58. The molecule has 13 heavy (non-hydrogen) atoms. The first-order valence-corrected chi connectivity index (χ1v) is 4.76. The second kappa shape index (κ2) is 2.72. The normalized spacial score (nSPS) is 24.5. The van der Waals surface area contributed by atoms with Crippen LogP contribution < -0.4 is 5.73 Å². The number of carbonyl (C=O) groups is 2. The molecule has 4 heteroatoms. The predicted molar refractivity (Wildman–Crippen MR) is 46.7 cm³/mol. The number of hydrogen-bond acceptors (Lipinski definition) is 2. The number of nitrogens with two attached hydrogens (primary N) is 1. The Balaban J connectivity index is 2.11. The molecule has 0 spiro atoms. The predicted octanol–water partition coefficient (Wildman–Crippen LogP) is -0.126. The van der Waals surface area contributed by atoms with Gasteiger partial charge in [0.05, 0.1) is 0 Å². The number of carbonyl (C=O) groups excluding carboxylic acids is 2. The molecular weight excluding hydrogens is 168 g/mol. The minimum atomic E-state index is -0.819. The van der Waals surface area contributed by atoms with Crippen LogP contribution in [0.15, 0.2) is 0 Å². The first-order valence-electron chi connectivity index (χ1n) is 4.76. The molecule has 2 N–H and O–H groups in total. The fraction of sp³-hybridized carbons (Fsp3) is 0.778.